The number of rotatable bonds is 4. The van der Waals surface area contributed by atoms with E-state index in [0.717, 1.165) is 17.1 Å². The second kappa shape index (κ2) is 4.91. The summed E-state index contributed by atoms with van der Waals surface area (Å²) in [5, 5.41) is 8.79. The van der Waals surface area contributed by atoms with Gasteiger partial charge in [-0.1, -0.05) is 12.1 Å². The van der Waals surface area contributed by atoms with E-state index in [-0.39, 0.29) is 6.42 Å². The van der Waals surface area contributed by atoms with E-state index >= 15 is 0 Å². The normalized spacial score (nSPS) is 10.3. The summed E-state index contributed by atoms with van der Waals surface area (Å²) in [6.07, 6.45) is 1.55. The fourth-order valence-electron chi connectivity index (χ4n) is 1.79. The number of hydrogen-bond acceptors (Lipinski definition) is 3. The van der Waals surface area contributed by atoms with E-state index in [1.807, 2.05) is 24.3 Å². The van der Waals surface area contributed by atoms with Crippen LogP contribution in [-0.4, -0.2) is 27.7 Å². The first-order valence-electron chi connectivity index (χ1n) is 5.48. The van der Waals surface area contributed by atoms with Gasteiger partial charge in [0.25, 0.3) is 0 Å². The van der Waals surface area contributed by atoms with Crippen molar-refractivity contribution in [2.45, 2.75) is 6.42 Å². The Hall–Kier alpha value is -2.30. The number of carboxylic acid groups (broad SMARTS) is 1. The van der Waals surface area contributed by atoms with Gasteiger partial charge in [0, 0.05) is 24.5 Å². The van der Waals surface area contributed by atoms with Crippen molar-refractivity contribution < 1.29 is 14.6 Å². The Morgan fingerprint density at radius 3 is 2.94 bits per heavy atom. The molecule has 2 rings (SSSR count). The number of nitrogens with zero attached hydrogens (tertiary/aromatic N) is 2. The minimum absolute atomic E-state index is 0.0343. The predicted octanol–water partition coefficient (Wildman–Crippen LogP) is 1.72. The van der Waals surface area contributed by atoms with Crippen molar-refractivity contribution in [2.24, 2.45) is 7.05 Å². The van der Waals surface area contributed by atoms with E-state index in [9.17, 15) is 4.79 Å². The maximum absolute atomic E-state index is 10.7. The van der Waals surface area contributed by atoms with Gasteiger partial charge in [-0.15, -0.1) is 0 Å². The van der Waals surface area contributed by atoms with Crippen molar-refractivity contribution in [3.63, 3.8) is 0 Å². The van der Waals surface area contributed by atoms with Crippen LogP contribution in [0.25, 0.3) is 11.4 Å². The molecule has 0 aliphatic carbocycles. The third kappa shape index (κ3) is 2.34. The van der Waals surface area contributed by atoms with E-state index in [2.05, 4.69) is 4.98 Å². The summed E-state index contributed by atoms with van der Waals surface area (Å²) in [5.74, 6) is 0.607. The summed E-state index contributed by atoms with van der Waals surface area (Å²) in [5.41, 5.74) is 1.56. The molecule has 1 heterocycles. The minimum Gasteiger partial charge on any atom is -0.497 e. The van der Waals surface area contributed by atoms with Gasteiger partial charge < -0.3 is 14.4 Å². The predicted molar refractivity (Wildman–Crippen MR) is 66.5 cm³/mol. The van der Waals surface area contributed by atoms with Gasteiger partial charge in [-0.25, -0.2) is 4.98 Å². The Bertz CT molecular complexity index is 575. The monoisotopic (exact) mass is 246 g/mol. The maximum atomic E-state index is 10.7. The quantitative estimate of drug-likeness (QED) is 0.892. The molecule has 0 spiro atoms. The van der Waals surface area contributed by atoms with Crippen molar-refractivity contribution in [3.8, 4) is 17.1 Å². The van der Waals surface area contributed by atoms with Crippen LogP contribution in [0.5, 0.6) is 5.75 Å². The number of ether oxygens (including phenoxy) is 1. The average molecular weight is 246 g/mol. The zero-order valence-corrected chi connectivity index (χ0v) is 10.3. The average Bonchev–Trinajstić information content (AvgIpc) is 2.70. The molecule has 0 aliphatic rings. The topological polar surface area (TPSA) is 64.3 Å². The standard InChI is InChI=1S/C13H14N2O3/c1-15-10(7-12(16)17)8-14-13(15)9-4-3-5-11(6-9)18-2/h3-6,8H,7H2,1-2H3,(H,16,17). The van der Waals surface area contributed by atoms with Crippen molar-refractivity contribution >= 4 is 5.97 Å². The Kier molecular flexibility index (Phi) is 3.32. The van der Waals surface area contributed by atoms with Gasteiger partial charge in [-0.05, 0) is 12.1 Å². The van der Waals surface area contributed by atoms with Crippen LogP contribution in [-0.2, 0) is 18.3 Å². The lowest BCUT2D eigenvalue weighted by Gasteiger charge is -2.06. The highest BCUT2D eigenvalue weighted by Gasteiger charge is 2.11. The molecule has 0 aliphatic heterocycles. The van der Waals surface area contributed by atoms with Crippen LogP contribution in [0, 0.1) is 0 Å². The van der Waals surface area contributed by atoms with Crippen LogP contribution in [0.15, 0.2) is 30.5 Å². The highest BCUT2D eigenvalue weighted by atomic mass is 16.5. The van der Waals surface area contributed by atoms with E-state index in [4.69, 9.17) is 9.84 Å². The smallest absolute Gasteiger partial charge is 0.309 e. The van der Waals surface area contributed by atoms with Gasteiger partial charge >= 0.3 is 5.97 Å². The van der Waals surface area contributed by atoms with Crippen LogP contribution < -0.4 is 4.74 Å². The first-order chi connectivity index (χ1) is 8.61. The number of aliphatic carboxylic acids is 1. The molecule has 18 heavy (non-hydrogen) atoms. The number of carboxylic acids is 1. The fraction of sp³-hybridized carbons (Fsp3) is 0.231. The lowest BCUT2D eigenvalue weighted by Crippen LogP contribution is -2.05. The van der Waals surface area contributed by atoms with Crippen molar-refractivity contribution in [1.29, 1.82) is 0 Å². The third-order valence-corrected chi connectivity index (χ3v) is 2.74. The molecule has 0 amide bonds. The largest absolute Gasteiger partial charge is 0.497 e. The molecule has 94 valence electrons. The summed E-state index contributed by atoms with van der Waals surface area (Å²) in [6, 6.07) is 7.51. The van der Waals surface area contributed by atoms with E-state index < -0.39 is 5.97 Å². The molecular weight excluding hydrogens is 232 g/mol. The highest BCUT2D eigenvalue weighted by molar-refractivity contribution is 5.70. The van der Waals surface area contributed by atoms with E-state index in [0.29, 0.717) is 5.69 Å². The van der Waals surface area contributed by atoms with Crippen LogP contribution in [0.4, 0.5) is 0 Å². The molecule has 5 nitrogen and oxygen atoms in total. The molecule has 0 fully saturated rings. The van der Waals surface area contributed by atoms with Gasteiger partial charge in [0.05, 0.1) is 13.5 Å². The van der Waals surface area contributed by atoms with Gasteiger partial charge in [0.15, 0.2) is 0 Å². The first kappa shape index (κ1) is 12.2. The minimum atomic E-state index is -0.866. The Balaban J connectivity index is 2.38. The summed E-state index contributed by atoms with van der Waals surface area (Å²) in [7, 11) is 3.41. The van der Waals surface area contributed by atoms with Crippen LogP contribution in [0.2, 0.25) is 0 Å². The number of imidazole rings is 1. The van der Waals surface area contributed by atoms with Crippen LogP contribution in [0.3, 0.4) is 0 Å². The van der Waals surface area contributed by atoms with Crippen molar-refractivity contribution in [1.82, 2.24) is 9.55 Å². The Morgan fingerprint density at radius 2 is 2.28 bits per heavy atom. The van der Waals surface area contributed by atoms with Gasteiger partial charge in [-0.3, -0.25) is 4.79 Å². The summed E-state index contributed by atoms with van der Waals surface area (Å²) in [4.78, 5) is 15.0. The number of benzene rings is 1. The number of hydrogen-bond donors (Lipinski definition) is 1. The molecular formula is C13H14N2O3. The molecule has 1 aromatic carbocycles. The Labute approximate surface area is 105 Å². The zero-order chi connectivity index (χ0) is 13.1. The zero-order valence-electron chi connectivity index (χ0n) is 10.3. The van der Waals surface area contributed by atoms with Crippen molar-refractivity contribution in [2.75, 3.05) is 7.11 Å². The molecule has 2 aromatic rings. The molecule has 1 N–H and O–H groups in total. The molecule has 0 bridgehead atoms. The first-order valence-corrected chi connectivity index (χ1v) is 5.48. The second-order valence-corrected chi connectivity index (χ2v) is 3.93. The fourth-order valence-corrected chi connectivity index (χ4v) is 1.79. The number of aromatic nitrogens is 2. The molecule has 0 saturated carbocycles. The second-order valence-electron chi connectivity index (χ2n) is 3.93. The van der Waals surface area contributed by atoms with Gasteiger partial charge in [0.1, 0.15) is 11.6 Å². The van der Waals surface area contributed by atoms with E-state index in [1.54, 1.807) is 24.9 Å². The molecule has 0 unspecified atom stereocenters. The summed E-state index contributed by atoms with van der Waals surface area (Å²) < 4.78 is 6.94. The lowest BCUT2D eigenvalue weighted by atomic mass is 10.2. The SMILES string of the molecule is COc1cccc(-c2ncc(CC(=O)O)n2C)c1. The van der Waals surface area contributed by atoms with Crippen LogP contribution in [0.1, 0.15) is 5.69 Å². The molecule has 0 atom stereocenters. The molecule has 0 radical (unpaired) electrons. The van der Waals surface area contributed by atoms with E-state index in [1.165, 1.54) is 0 Å². The third-order valence-electron chi connectivity index (χ3n) is 2.74. The van der Waals surface area contributed by atoms with Crippen molar-refractivity contribution in [3.05, 3.63) is 36.2 Å². The lowest BCUT2D eigenvalue weighted by molar-refractivity contribution is -0.136. The summed E-state index contributed by atoms with van der Waals surface area (Å²) >= 11 is 0. The highest BCUT2D eigenvalue weighted by Crippen LogP contribution is 2.23. The van der Waals surface area contributed by atoms with Gasteiger partial charge in [0.2, 0.25) is 0 Å². The Morgan fingerprint density at radius 1 is 1.50 bits per heavy atom. The number of carbonyl (C=O) groups is 1. The molecule has 5 heteroatoms. The summed E-state index contributed by atoms with van der Waals surface area (Å²) in [6.45, 7) is 0. The van der Waals surface area contributed by atoms with Gasteiger partial charge in [-0.2, -0.15) is 0 Å². The number of methoxy groups -OCH3 is 1. The molecule has 0 saturated heterocycles. The van der Waals surface area contributed by atoms with Crippen LogP contribution >= 0.6 is 0 Å². The maximum Gasteiger partial charge on any atom is 0.309 e. The molecule has 1 aromatic heterocycles.